The number of benzene rings is 1. The minimum absolute atomic E-state index is 0.273. The summed E-state index contributed by atoms with van der Waals surface area (Å²) in [5, 5.41) is 2.69. The van der Waals surface area contributed by atoms with Gasteiger partial charge in [-0.05, 0) is 37.6 Å². The van der Waals surface area contributed by atoms with Crippen LogP contribution in [0.2, 0.25) is 0 Å². The molecule has 128 valence electrons. The Kier molecular flexibility index (Phi) is 4.58. The third-order valence-corrected chi connectivity index (χ3v) is 3.96. The van der Waals surface area contributed by atoms with Gasteiger partial charge < -0.3 is 16.8 Å². The monoisotopic (exact) mass is 336 g/mol. The number of carbonyl (C=O) groups is 1. The number of carbonyl (C=O) groups excluding carboxylic acids is 1. The average Bonchev–Trinajstić information content (AvgIpc) is 2.62. The van der Waals surface area contributed by atoms with Crippen molar-refractivity contribution >= 4 is 22.8 Å². The number of nitrogen functional groups attached to an aromatic ring is 1. The summed E-state index contributed by atoms with van der Waals surface area (Å²) in [6.07, 6.45) is 1.68. The van der Waals surface area contributed by atoms with E-state index in [4.69, 9.17) is 11.5 Å². The lowest BCUT2D eigenvalue weighted by Crippen LogP contribution is -2.34. The van der Waals surface area contributed by atoms with Crippen molar-refractivity contribution in [2.45, 2.75) is 19.9 Å². The number of fused-ring (bicyclic) bond motifs is 1. The summed E-state index contributed by atoms with van der Waals surface area (Å²) >= 11 is 0. The summed E-state index contributed by atoms with van der Waals surface area (Å²) in [6, 6.07) is 8.34. The zero-order valence-electron chi connectivity index (χ0n) is 14.2. The van der Waals surface area contributed by atoms with Crippen LogP contribution >= 0.6 is 0 Å². The zero-order chi connectivity index (χ0) is 18.0. The molecule has 0 aliphatic carbocycles. The Balaban J connectivity index is 2.01. The fourth-order valence-electron chi connectivity index (χ4n) is 2.44. The van der Waals surface area contributed by atoms with Gasteiger partial charge in [0.05, 0.1) is 17.6 Å². The van der Waals surface area contributed by atoms with E-state index in [9.17, 15) is 4.79 Å². The Morgan fingerprint density at radius 2 is 2.04 bits per heavy atom. The maximum atomic E-state index is 11.9. The number of hydrogen-bond donors (Lipinski definition) is 3. The number of hydrogen-bond acceptors (Lipinski definition) is 6. The van der Waals surface area contributed by atoms with Crippen LogP contribution in [0.4, 0.5) is 5.69 Å². The van der Waals surface area contributed by atoms with E-state index >= 15 is 0 Å². The number of nitrogens with zero attached hydrogens (tertiary/aromatic N) is 3. The van der Waals surface area contributed by atoms with Crippen LogP contribution in [0.15, 0.2) is 36.5 Å². The quantitative estimate of drug-likeness (QED) is 0.624. The second-order valence-electron chi connectivity index (χ2n) is 5.78. The van der Waals surface area contributed by atoms with Gasteiger partial charge in [0.15, 0.2) is 5.65 Å². The van der Waals surface area contributed by atoms with Crippen LogP contribution in [-0.2, 0) is 4.79 Å². The molecule has 1 aromatic carbocycles. The molecule has 2 aromatic heterocycles. The average molecular weight is 336 g/mol. The van der Waals surface area contributed by atoms with Gasteiger partial charge in [0.1, 0.15) is 11.6 Å². The number of nitrogens with one attached hydrogen (secondary N) is 1. The number of rotatable bonds is 4. The molecule has 3 rings (SSSR count). The normalized spacial score (nSPS) is 12.1. The number of nitrogens with two attached hydrogens (primary N) is 2. The van der Waals surface area contributed by atoms with Crippen molar-refractivity contribution in [2.24, 2.45) is 5.73 Å². The van der Waals surface area contributed by atoms with Crippen molar-refractivity contribution in [2.75, 3.05) is 12.3 Å². The van der Waals surface area contributed by atoms with Crippen molar-refractivity contribution in [3.05, 3.63) is 47.8 Å². The summed E-state index contributed by atoms with van der Waals surface area (Å²) < 4.78 is 0. The van der Waals surface area contributed by atoms with E-state index in [2.05, 4.69) is 20.3 Å². The van der Waals surface area contributed by atoms with E-state index in [0.717, 1.165) is 11.1 Å². The second-order valence-corrected chi connectivity index (χ2v) is 5.78. The molecule has 0 saturated heterocycles. The Labute approximate surface area is 145 Å². The highest BCUT2D eigenvalue weighted by atomic mass is 16.2. The number of likely N-dealkylation sites (N-methyl/N-ethyl adjacent to an activating group) is 1. The van der Waals surface area contributed by atoms with Crippen LogP contribution < -0.4 is 16.8 Å². The standard InChI is InChI=1S/C18H20N6O/c1-3-21-18(25)16(20)13-6-7-14-17(23-13)24-15(9-22-14)11-5-4-10(2)12(19)8-11/h4-9,16H,3,19-20H2,1-2H3,(H,21,25). The second kappa shape index (κ2) is 6.82. The van der Waals surface area contributed by atoms with E-state index < -0.39 is 6.04 Å². The molecule has 0 radical (unpaired) electrons. The first-order valence-electron chi connectivity index (χ1n) is 8.03. The van der Waals surface area contributed by atoms with Crippen LogP contribution in [0.25, 0.3) is 22.4 Å². The van der Waals surface area contributed by atoms with Crippen LogP contribution in [0.5, 0.6) is 0 Å². The molecule has 0 bridgehead atoms. The highest BCUT2D eigenvalue weighted by Gasteiger charge is 2.17. The third kappa shape index (κ3) is 3.41. The van der Waals surface area contributed by atoms with Gasteiger partial charge in [-0.1, -0.05) is 12.1 Å². The summed E-state index contributed by atoms with van der Waals surface area (Å²) in [5.41, 5.74) is 16.7. The Bertz CT molecular complexity index is 940. The van der Waals surface area contributed by atoms with Crippen molar-refractivity contribution in [3.63, 3.8) is 0 Å². The SMILES string of the molecule is CCNC(=O)C(N)c1ccc2ncc(-c3ccc(C)c(N)c3)nc2n1. The third-order valence-electron chi connectivity index (χ3n) is 3.96. The summed E-state index contributed by atoms with van der Waals surface area (Å²) in [5.74, 6) is -0.273. The van der Waals surface area contributed by atoms with Gasteiger partial charge in [-0.3, -0.25) is 9.78 Å². The predicted molar refractivity (Wildman–Crippen MR) is 97.5 cm³/mol. The minimum Gasteiger partial charge on any atom is -0.398 e. The maximum Gasteiger partial charge on any atom is 0.243 e. The fraction of sp³-hybridized carbons (Fsp3) is 0.222. The first-order chi connectivity index (χ1) is 12.0. The smallest absolute Gasteiger partial charge is 0.243 e. The molecule has 0 aliphatic heterocycles. The Hall–Kier alpha value is -3.06. The molecule has 7 nitrogen and oxygen atoms in total. The van der Waals surface area contributed by atoms with E-state index in [1.807, 2.05) is 32.0 Å². The molecule has 0 saturated carbocycles. The molecule has 1 atom stereocenters. The molecule has 0 spiro atoms. The largest absolute Gasteiger partial charge is 0.398 e. The van der Waals surface area contributed by atoms with Gasteiger partial charge >= 0.3 is 0 Å². The topological polar surface area (TPSA) is 120 Å². The molecule has 0 fully saturated rings. The lowest BCUT2D eigenvalue weighted by Gasteiger charge is -2.11. The molecule has 3 aromatic rings. The maximum absolute atomic E-state index is 11.9. The van der Waals surface area contributed by atoms with Gasteiger partial charge in [0.2, 0.25) is 5.91 Å². The predicted octanol–water partition coefficient (Wildman–Crippen LogP) is 1.72. The zero-order valence-corrected chi connectivity index (χ0v) is 14.2. The van der Waals surface area contributed by atoms with Crippen LogP contribution in [0, 0.1) is 6.92 Å². The van der Waals surface area contributed by atoms with Gasteiger partial charge in [-0.25, -0.2) is 9.97 Å². The highest BCUT2D eigenvalue weighted by molar-refractivity contribution is 5.83. The van der Waals surface area contributed by atoms with E-state index in [0.29, 0.717) is 34.8 Å². The van der Waals surface area contributed by atoms with Crippen molar-refractivity contribution < 1.29 is 4.79 Å². The van der Waals surface area contributed by atoms with Crippen molar-refractivity contribution in [1.82, 2.24) is 20.3 Å². The number of aromatic nitrogens is 3. The van der Waals surface area contributed by atoms with E-state index in [1.54, 1.807) is 18.3 Å². The number of aryl methyl sites for hydroxylation is 1. The number of anilines is 1. The molecule has 2 heterocycles. The molecular formula is C18H20N6O. The fourth-order valence-corrected chi connectivity index (χ4v) is 2.44. The summed E-state index contributed by atoms with van der Waals surface area (Å²) in [6.45, 7) is 4.30. The van der Waals surface area contributed by atoms with Gasteiger partial charge in [-0.15, -0.1) is 0 Å². The van der Waals surface area contributed by atoms with Crippen LogP contribution in [0.1, 0.15) is 24.2 Å². The summed E-state index contributed by atoms with van der Waals surface area (Å²) in [7, 11) is 0. The first kappa shape index (κ1) is 16.8. The van der Waals surface area contributed by atoms with Gasteiger partial charge in [0, 0.05) is 17.8 Å². The molecule has 1 amide bonds. The lowest BCUT2D eigenvalue weighted by atomic mass is 10.1. The molecule has 1 unspecified atom stereocenters. The Morgan fingerprint density at radius 1 is 1.24 bits per heavy atom. The number of pyridine rings is 1. The molecule has 0 aliphatic rings. The number of amides is 1. The molecule has 5 N–H and O–H groups in total. The van der Waals surface area contributed by atoms with Crippen LogP contribution in [0.3, 0.4) is 0 Å². The molecular weight excluding hydrogens is 316 g/mol. The molecule has 7 heteroatoms. The van der Waals surface area contributed by atoms with Crippen LogP contribution in [-0.4, -0.2) is 27.4 Å². The lowest BCUT2D eigenvalue weighted by molar-refractivity contribution is -0.122. The van der Waals surface area contributed by atoms with E-state index in [-0.39, 0.29) is 5.91 Å². The van der Waals surface area contributed by atoms with Gasteiger partial charge in [0.25, 0.3) is 0 Å². The minimum atomic E-state index is -0.843. The van der Waals surface area contributed by atoms with Crippen molar-refractivity contribution in [1.29, 1.82) is 0 Å². The molecule has 25 heavy (non-hydrogen) atoms. The first-order valence-corrected chi connectivity index (χ1v) is 8.03. The highest BCUT2D eigenvalue weighted by Crippen LogP contribution is 2.23. The van der Waals surface area contributed by atoms with E-state index in [1.165, 1.54) is 0 Å². The Morgan fingerprint density at radius 3 is 2.76 bits per heavy atom. The van der Waals surface area contributed by atoms with Crippen molar-refractivity contribution in [3.8, 4) is 11.3 Å². The van der Waals surface area contributed by atoms with Gasteiger partial charge in [-0.2, -0.15) is 0 Å². The summed E-state index contributed by atoms with van der Waals surface area (Å²) in [4.78, 5) is 25.3.